The first-order chi connectivity index (χ1) is 12.1. The van der Waals surface area contributed by atoms with E-state index in [4.69, 9.17) is 9.41 Å². The van der Waals surface area contributed by atoms with E-state index in [1.807, 2.05) is 25.6 Å². The lowest BCUT2D eigenvalue weighted by atomic mass is 9.97. The first kappa shape index (κ1) is 20.1. The topological polar surface area (TPSA) is 65.7 Å². The van der Waals surface area contributed by atoms with Gasteiger partial charge in [-0.05, 0) is 58.9 Å². The smallest absolute Gasteiger partial charge is 0.208 e. The van der Waals surface area contributed by atoms with E-state index < -0.39 is 0 Å². The molecule has 25 heavy (non-hydrogen) atoms. The number of nitrogens with zero attached hydrogens (tertiary/aromatic N) is 3. The van der Waals surface area contributed by atoms with Crippen LogP contribution in [-0.2, 0) is 6.54 Å². The summed E-state index contributed by atoms with van der Waals surface area (Å²) in [5.41, 5.74) is 1.00. The molecule has 0 spiro atoms. The van der Waals surface area contributed by atoms with Gasteiger partial charge < -0.3 is 15.1 Å². The number of rotatable bonds is 8. The van der Waals surface area contributed by atoms with E-state index in [9.17, 15) is 0 Å². The lowest BCUT2D eigenvalue weighted by Crippen LogP contribution is -2.39. The Labute approximate surface area is 156 Å². The molecule has 1 saturated heterocycles. The van der Waals surface area contributed by atoms with Gasteiger partial charge in [0, 0.05) is 25.4 Å². The quantitative estimate of drug-likeness (QED) is 0.418. The zero-order valence-electron chi connectivity index (χ0n) is 16.1. The number of nitrogens with one attached hydrogen (secondary N) is 2. The van der Waals surface area contributed by atoms with Gasteiger partial charge in [-0.25, -0.2) is 4.98 Å². The Morgan fingerprint density at radius 2 is 2.08 bits per heavy atom. The Morgan fingerprint density at radius 3 is 2.68 bits per heavy atom. The molecule has 0 aliphatic carbocycles. The highest BCUT2D eigenvalue weighted by Gasteiger charge is 2.20. The van der Waals surface area contributed by atoms with Crippen molar-refractivity contribution in [3.8, 4) is 0 Å². The van der Waals surface area contributed by atoms with Crippen molar-refractivity contribution < 1.29 is 4.42 Å². The van der Waals surface area contributed by atoms with Gasteiger partial charge in [-0.15, -0.1) is 0 Å². The average Bonchev–Trinajstić information content (AvgIpc) is 2.91. The van der Waals surface area contributed by atoms with Crippen molar-refractivity contribution in [1.29, 1.82) is 0 Å². The summed E-state index contributed by atoms with van der Waals surface area (Å²) in [4.78, 5) is 11.7. The molecule has 0 amide bonds. The maximum atomic E-state index is 5.70. The van der Waals surface area contributed by atoms with Crippen LogP contribution in [0.1, 0.15) is 37.1 Å². The normalized spacial score (nSPS) is 17.0. The molecule has 0 bridgehead atoms. The second-order valence-electron chi connectivity index (χ2n) is 6.61. The highest BCUT2D eigenvalue weighted by Crippen LogP contribution is 2.20. The van der Waals surface area contributed by atoms with Crippen LogP contribution in [0.5, 0.6) is 0 Å². The molecular formula is C18H33N5OS. The number of hydrogen-bond donors (Lipinski definition) is 2. The van der Waals surface area contributed by atoms with Gasteiger partial charge in [0.2, 0.25) is 5.89 Å². The SMILES string of the molecule is CCNC(=NCC1CCN(Cc2nc(C)c(C)o2)CC1)NCCSC. The fraction of sp³-hybridized carbons (Fsp3) is 0.778. The lowest BCUT2D eigenvalue weighted by molar-refractivity contribution is 0.166. The summed E-state index contributed by atoms with van der Waals surface area (Å²) in [7, 11) is 0. The van der Waals surface area contributed by atoms with Crippen LogP contribution in [0.3, 0.4) is 0 Å². The first-order valence-corrected chi connectivity index (χ1v) is 10.7. The molecule has 7 heteroatoms. The zero-order chi connectivity index (χ0) is 18.1. The summed E-state index contributed by atoms with van der Waals surface area (Å²) in [6.07, 6.45) is 4.50. The van der Waals surface area contributed by atoms with Crippen LogP contribution in [0.4, 0.5) is 0 Å². The number of piperidine rings is 1. The number of aromatic nitrogens is 1. The Bertz CT molecular complexity index is 518. The summed E-state index contributed by atoms with van der Waals surface area (Å²) in [6, 6.07) is 0. The van der Waals surface area contributed by atoms with Crippen LogP contribution in [0.2, 0.25) is 0 Å². The summed E-state index contributed by atoms with van der Waals surface area (Å²) in [6.45, 7) is 11.9. The minimum absolute atomic E-state index is 0.667. The largest absolute Gasteiger partial charge is 0.444 e. The number of hydrogen-bond acceptors (Lipinski definition) is 5. The number of thioether (sulfide) groups is 1. The third kappa shape index (κ3) is 6.90. The van der Waals surface area contributed by atoms with Crippen molar-refractivity contribution in [3.63, 3.8) is 0 Å². The summed E-state index contributed by atoms with van der Waals surface area (Å²) < 4.78 is 5.70. The lowest BCUT2D eigenvalue weighted by Gasteiger charge is -2.30. The number of guanidine groups is 1. The fourth-order valence-electron chi connectivity index (χ4n) is 2.96. The Balaban J connectivity index is 1.73. The van der Waals surface area contributed by atoms with Crippen LogP contribution in [0.15, 0.2) is 9.41 Å². The van der Waals surface area contributed by atoms with Crippen molar-refractivity contribution in [2.45, 2.75) is 40.2 Å². The summed E-state index contributed by atoms with van der Waals surface area (Å²) >= 11 is 1.85. The van der Waals surface area contributed by atoms with Crippen molar-refractivity contribution in [3.05, 3.63) is 17.3 Å². The highest BCUT2D eigenvalue weighted by atomic mass is 32.2. The van der Waals surface area contributed by atoms with Crippen LogP contribution in [0.25, 0.3) is 0 Å². The minimum Gasteiger partial charge on any atom is -0.444 e. The second-order valence-corrected chi connectivity index (χ2v) is 7.59. The Kier molecular flexibility index (Phi) is 8.61. The molecule has 0 radical (unpaired) electrons. The molecule has 0 unspecified atom stereocenters. The van der Waals surface area contributed by atoms with Gasteiger partial charge in [-0.3, -0.25) is 9.89 Å². The van der Waals surface area contributed by atoms with E-state index in [1.54, 1.807) is 0 Å². The van der Waals surface area contributed by atoms with E-state index in [2.05, 4.69) is 33.7 Å². The molecule has 1 fully saturated rings. The molecule has 2 N–H and O–H groups in total. The van der Waals surface area contributed by atoms with Crippen molar-refractivity contribution >= 4 is 17.7 Å². The van der Waals surface area contributed by atoms with Crippen LogP contribution >= 0.6 is 11.8 Å². The third-order valence-electron chi connectivity index (χ3n) is 4.59. The standard InChI is InChI=1S/C18H33N5OS/c1-5-19-18(20-8-11-25-4)21-12-16-6-9-23(10-7-16)13-17-22-14(2)15(3)24-17/h16H,5-13H2,1-4H3,(H2,19,20,21). The van der Waals surface area contributed by atoms with Crippen LogP contribution in [0, 0.1) is 19.8 Å². The molecule has 1 aromatic rings. The fourth-order valence-corrected chi connectivity index (χ4v) is 3.27. The molecule has 2 heterocycles. The predicted molar refractivity (Wildman–Crippen MR) is 106 cm³/mol. The van der Waals surface area contributed by atoms with Gasteiger partial charge in [-0.2, -0.15) is 11.8 Å². The van der Waals surface area contributed by atoms with Gasteiger partial charge in [0.15, 0.2) is 5.96 Å². The van der Waals surface area contributed by atoms with Gasteiger partial charge in [0.05, 0.1) is 12.2 Å². The number of aryl methyl sites for hydroxylation is 2. The van der Waals surface area contributed by atoms with Crippen molar-refractivity contribution in [2.75, 3.05) is 44.7 Å². The number of likely N-dealkylation sites (tertiary alicyclic amines) is 1. The third-order valence-corrected chi connectivity index (χ3v) is 5.20. The van der Waals surface area contributed by atoms with Crippen LogP contribution in [-0.4, -0.2) is 60.6 Å². The molecule has 6 nitrogen and oxygen atoms in total. The number of aliphatic imine (C=N–C) groups is 1. The van der Waals surface area contributed by atoms with E-state index >= 15 is 0 Å². The molecule has 1 aliphatic heterocycles. The molecule has 0 saturated carbocycles. The van der Waals surface area contributed by atoms with E-state index in [0.717, 1.165) is 68.3 Å². The zero-order valence-corrected chi connectivity index (χ0v) is 16.9. The average molecular weight is 368 g/mol. The molecule has 0 atom stereocenters. The minimum atomic E-state index is 0.667. The van der Waals surface area contributed by atoms with Gasteiger partial charge in [-0.1, -0.05) is 0 Å². The molecule has 1 aromatic heterocycles. The van der Waals surface area contributed by atoms with Gasteiger partial charge in [0.1, 0.15) is 5.76 Å². The highest BCUT2D eigenvalue weighted by molar-refractivity contribution is 7.98. The van der Waals surface area contributed by atoms with Gasteiger partial charge in [0.25, 0.3) is 0 Å². The predicted octanol–water partition coefficient (Wildman–Crippen LogP) is 2.42. The maximum absolute atomic E-state index is 5.70. The van der Waals surface area contributed by atoms with E-state index in [0.29, 0.717) is 5.92 Å². The van der Waals surface area contributed by atoms with Crippen molar-refractivity contribution in [1.82, 2.24) is 20.5 Å². The Morgan fingerprint density at radius 1 is 1.32 bits per heavy atom. The summed E-state index contributed by atoms with van der Waals surface area (Å²) in [5.74, 6) is 4.50. The first-order valence-electron chi connectivity index (χ1n) is 9.28. The monoisotopic (exact) mass is 367 g/mol. The molecular weight excluding hydrogens is 334 g/mol. The molecule has 2 rings (SSSR count). The van der Waals surface area contributed by atoms with Gasteiger partial charge >= 0.3 is 0 Å². The molecule has 1 aliphatic rings. The van der Waals surface area contributed by atoms with Crippen molar-refractivity contribution in [2.24, 2.45) is 10.9 Å². The maximum Gasteiger partial charge on any atom is 0.208 e. The Hall–Kier alpha value is -1.21. The molecule has 142 valence electrons. The second kappa shape index (κ2) is 10.7. The van der Waals surface area contributed by atoms with Crippen LogP contribution < -0.4 is 10.6 Å². The van der Waals surface area contributed by atoms with E-state index in [-0.39, 0.29) is 0 Å². The molecule has 0 aromatic carbocycles. The van der Waals surface area contributed by atoms with E-state index in [1.165, 1.54) is 12.8 Å². The number of oxazole rings is 1. The summed E-state index contributed by atoms with van der Waals surface area (Å²) in [5, 5.41) is 6.73.